The second kappa shape index (κ2) is 7.40. The van der Waals surface area contributed by atoms with Crippen molar-refractivity contribution in [2.75, 3.05) is 6.61 Å². The van der Waals surface area contributed by atoms with E-state index in [1.807, 2.05) is 71.9 Å². The van der Waals surface area contributed by atoms with Crippen molar-refractivity contribution >= 4 is 16.9 Å². The minimum atomic E-state index is -0.564. The first-order valence-electron chi connectivity index (χ1n) is 8.52. The minimum absolute atomic E-state index is 0.309. The van der Waals surface area contributed by atoms with Gasteiger partial charge < -0.3 is 14.8 Å². The molecule has 5 heteroatoms. The smallest absolute Gasteiger partial charge is 0.408 e. The first-order chi connectivity index (χ1) is 11.6. The van der Waals surface area contributed by atoms with Gasteiger partial charge in [0, 0.05) is 11.6 Å². The molecule has 2 rings (SSSR count). The molecule has 1 aromatic heterocycles. The summed E-state index contributed by atoms with van der Waals surface area (Å²) in [5, 5.41) is 4.96. The largest absolute Gasteiger partial charge is 0.444 e. The Morgan fingerprint density at radius 1 is 1.08 bits per heavy atom. The molecule has 0 spiro atoms. The van der Waals surface area contributed by atoms with E-state index in [1.54, 1.807) is 6.20 Å². The molecule has 1 atom stereocenters. The number of rotatable bonds is 4. The van der Waals surface area contributed by atoms with Crippen LogP contribution in [0, 0.1) is 0 Å². The summed E-state index contributed by atoms with van der Waals surface area (Å²) < 4.78 is 11.3. The van der Waals surface area contributed by atoms with Gasteiger partial charge in [-0.15, -0.1) is 0 Å². The highest BCUT2D eigenvalue weighted by Gasteiger charge is 2.24. The summed E-state index contributed by atoms with van der Waals surface area (Å²) in [5.74, 6) is 0. The van der Waals surface area contributed by atoms with Gasteiger partial charge >= 0.3 is 6.09 Å². The van der Waals surface area contributed by atoms with E-state index >= 15 is 0 Å². The fourth-order valence-electron chi connectivity index (χ4n) is 2.39. The number of fused-ring (bicyclic) bond motifs is 1. The van der Waals surface area contributed by atoms with E-state index in [4.69, 9.17) is 9.47 Å². The molecule has 0 aliphatic carbocycles. The molecule has 0 bridgehead atoms. The maximum absolute atomic E-state index is 12.3. The highest BCUT2D eigenvalue weighted by molar-refractivity contribution is 5.85. The number of amides is 1. The van der Waals surface area contributed by atoms with Crippen LogP contribution in [0.4, 0.5) is 4.79 Å². The van der Waals surface area contributed by atoms with Crippen LogP contribution in [-0.2, 0) is 9.47 Å². The Bertz CT molecular complexity index is 724. The lowest BCUT2D eigenvalue weighted by Gasteiger charge is -2.27. The van der Waals surface area contributed by atoms with Crippen LogP contribution in [0.25, 0.3) is 10.8 Å². The van der Waals surface area contributed by atoms with Gasteiger partial charge in [0.15, 0.2) is 0 Å². The van der Waals surface area contributed by atoms with Gasteiger partial charge in [0.1, 0.15) is 5.60 Å². The Kier molecular flexibility index (Phi) is 5.68. The molecule has 1 aromatic carbocycles. The zero-order valence-corrected chi connectivity index (χ0v) is 15.9. The van der Waals surface area contributed by atoms with Crippen molar-refractivity contribution < 1.29 is 14.3 Å². The van der Waals surface area contributed by atoms with E-state index < -0.39 is 17.7 Å². The number of ether oxygens (including phenoxy) is 2. The van der Waals surface area contributed by atoms with Gasteiger partial charge in [0.05, 0.1) is 23.9 Å². The van der Waals surface area contributed by atoms with E-state index in [9.17, 15) is 4.79 Å². The van der Waals surface area contributed by atoms with Crippen molar-refractivity contribution in [3.8, 4) is 0 Å². The molecule has 2 aromatic rings. The molecule has 0 saturated carbocycles. The lowest BCUT2D eigenvalue weighted by molar-refractivity contribution is -0.0178. The van der Waals surface area contributed by atoms with E-state index in [2.05, 4.69) is 10.3 Å². The SMILES string of the molecule is CC(C)(C)OCC(NC(=O)OC(C)(C)C)c1nccc2ccccc12. The first-order valence-corrected chi connectivity index (χ1v) is 8.52. The predicted octanol–water partition coefficient (Wildman–Crippen LogP) is 4.62. The third kappa shape index (κ3) is 6.02. The molecule has 1 heterocycles. The van der Waals surface area contributed by atoms with Crippen LogP contribution in [-0.4, -0.2) is 28.9 Å². The molecule has 1 unspecified atom stereocenters. The van der Waals surface area contributed by atoms with Crippen molar-refractivity contribution in [2.24, 2.45) is 0 Å². The van der Waals surface area contributed by atoms with E-state index in [0.717, 1.165) is 16.5 Å². The van der Waals surface area contributed by atoms with Crippen LogP contribution in [0.3, 0.4) is 0 Å². The summed E-state index contributed by atoms with van der Waals surface area (Å²) in [6.07, 6.45) is 1.27. The summed E-state index contributed by atoms with van der Waals surface area (Å²) in [7, 11) is 0. The van der Waals surface area contributed by atoms with Crippen LogP contribution >= 0.6 is 0 Å². The average molecular weight is 344 g/mol. The number of carbonyl (C=O) groups excluding carboxylic acids is 1. The van der Waals surface area contributed by atoms with Gasteiger partial charge in [0.2, 0.25) is 0 Å². The Labute approximate surface area is 149 Å². The second-order valence-electron chi connectivity index (χ2n) is 8.04. The van der Waals surface area contributed by atoms with Crippen molar-refractivity contribution in [2.45, 2.75) is 58.8 Å². The maximum atomic E-state index is 12.3. The molecule has 5 nitrogen and oxygen atoms in total. The standard InChI is InChI=1S/C20H28N2O3/c1-19(2,3)24-13-16(22-18(23)25-20(4,5)6)17-15-10-8-7-9-14(15)11-12-21-17/h7-12,16H,13H2,1-6H3,(H,22,23). The highest BCUT2D eigenvalue weighted by Crippen LogP contribution is 2.24. The van der Waals surface area contributed by atoms with Crippen molar-refractivity contribution in [1.82, 2.24) is 10.3 Å². The van der Waals surface area contributed by atoms with Gasteiger partial charge in [-0.25, -0.2) is 4.79 Å². The third-order valence-electron chi connectivity index (χ3n) is 3.41. The average Bonchev–Trinajstić information content (AvgIpc) is 2.48. The highest BCUT2D eigenvalue weighted by atomic mass is 16.6. The summed E-state index contributed by atoms with van der Waals surface area (Å²) in [4.78, 5) is 16.8. The maximum Gasteiger partial charge on any atom is 0.408 e. The number of nitrogens with one attached hydrogen (secondary N) is 1. The number of hydrogen-bond donors (Lipinski definition) is 1. The van der Waals surface area contributed by atoms with Crippen LogP contribution in [0.5, 0.6) is 0 Å². The molecule has 136 valence electrons. The molecular weight excluding hydrogens is 316 g/mol. The fourth-order valence-corrected chi connectivity index (χ4v) is 2.39. The Morgan fingerprint density at radius 2 is 1.76 bits per heavy atom. The Morgan fingerprint density at radius 3 is 2.40 bits per heavy atom. The van der Waals surface area contributed by atoms with Crippen molar-refractivity contribution in [1.29, 1.82) is 0 Å². The molecule has 1 amide bonds. The number of nitrogens with zero attached hydrogens (tertiary/aromatic N) is 1. The number of benzene rings is 1. The van der Waals surface area contributed by atoms with Crippen molar-refractivity contribution in [3.05, 3.63) is 42.2 Å². The predicted molar refractivity (Wildman–Crippen MR) is 99.6 cm³/mol. The Balaban J connectivity index is 2.31. The van der Waals surface area contributed by atoms with Gasteiger partial charge in [-0.05, 0) is 53.0 Å². The second-order valence-corrected chi connectivity index (χ2v) is 8.04. The zero-order chi connectivity index (χ0) is 18.7. The monoisotopic (exact) mass is 344 g/mol. The van der Waals surface area contributed by atoms with E-state index in [-0.39, 0.29) is 5.60 Å². The summed E-state index contributed by atoms with van der Waals surface area (Å²) in [5.41, 5.74) is -0.113. The normalized spacial score (nSPS) is 13.5. The fraction of sp³-hybridized carbons (Fsp3) is 0.500. The topological polar surface area (TPSA) is 60.5 Å². The molecule has 0 aliphatic rings. The summed E-state index contributed by atoms with van der Waals surface area (Å²) >= 11 is 0. The minimum Gasteiger partial charge on any atom is -0.444 e. The molecule has 0 aliphatic heterocycles. The zero-order valence-electron chi connectivity index (χ0n) is 15.9. The molecule has 1 N–H and O–H groups in total. The number of hydrogen-bond acceptors (Lipinski definition) is 4. The quantitative estimate of drug-likeness (QED) is 0.879. The first kappa shape index (κ1) is 19.2. The van der Waals surface area contributed by atoms with Crippen LogP contribution in [0.1, 0.15) is 53.3 Å². The Hall–Kier alpha value is -2.14. The number of alkyl carbamates (subject to hydrolysis) is 1. The van der Waals surface area contributed by atoms with Gasteiger partial charge in [-0.2, -0.15) is 0 Å². The lowest BCUT2D eigenvalue weighted by atomic mass is 10.0. The molecule has 25 heavy (non-hydrogen) atoms. The third-order valence-corrected chi connectivity index (χ3v) is 3.41. The van der Waals surface area contributed by atoms with E-state index in [1.165, 1.54) is 0 Å². The van der Waals surface area contributed by atoms with E-state index in [0.29, 0.717) is 6.61 Å². The van der Waals surface area contributed by atoms with Gasteiger partial charge in [0.25, 0.3) is 0 Å². The van der Waals surface area contributed by atoms with Crippen LogP contribution < -0.4 is 5.32 Å². The number of carbonyl (C=O) groups is 1. The summed E-state index contributed by atoms with van der Waals surface area (Å²) in [6.45, 7) is 11.8. The van der Waals surface area contributed by atoms with Crippen molar-refractivity contribution in [3.63, 3.8) is 0 Å². The molecular formula is C20H28N2O3. The number of aromatic nitrogens is 1. The lowest BCUT2D eigenvalue weighted by Crippen LogP contribution is -2.38. The molecule has 0 fully saturated rings. The van der Waals surface area contributed by atoms with Gasteiger partial charge in [-0.1, -0.05) is 24.3 Å². The molecule has 0 radical (unpaired) electrons. The molecule has 0 saturated heterocycles. The van der Waals surface area contributed by atoms with Crippen LogP contribution in [0.2, 0.25) is 0 Å². The van der Waals surface area contributed by atoms with Gasteiger partial charge in [-0.3, -0.25) is 4.98 Å². The number of pyridine rings is 1. The summed E-state index contributed by atoms with van der Waals surface area (Å²) in [6, 6.07) is 9.51. The van der Waals surface area contributed by atoms with Crippen LogP contribution in [0.15, 0.2) is 36.5 Å².